The van der Waals surface area contributed by atoms with Gasteiger partial charge in [-0.2, -0.15) is 0 Å². The van der Waals surface area contributed by atoms with Gasteiger partial charge in [-0.25, -0.2) is 4.79 Å². The Hall–Kier alpha value is -2.24. The van der Waals surface area contributed by atoms with E-state index in [2.05, 4.69) is 10.6 Å². The van der Waals surface area contributed by atoms with Gasteiger partial charge in [-0.15, -0.1) is 0 Å². The first-order chi connectivity index (χ1) is 11.4. The summed E-state index contributed by atoms with van der Waals surface area (Å²) in [5, 5.41) is 5.52. The molecule has 1 rings (SSSR count). The molecule has 2 N–H and O–H groups in total. The summed E-state index contributed by atoms with van der Waals surface area (Å²) in [5.74, 6) is 0.526. The van der Waals surface area contributed by atoms with Crippen LogP contribution in [-0.4, -0.2) is 37.8 Å². The van der Waals surface area contributed by atoms with Crippen LogP contribution in [0.5, 0.6) is 5.75 Å². The molecule has 0 radical (unpaired) electrons. The summed E-state index contributed by atoms with van der Waals surface area (Å²) in [5.41, 5.74) is 1.20. The molecule has 0 aliphatic heterocycles. The highest BCUT2D eigenvalue weighted by molar-refractivity contribution is 5.75. The fraction of sp³-hybridized carbons (Fsp3) is 0.556. The van der Waals surface area contributed by atoms with Crippen LogP contribution in [0.3, 0.4) is 0 Å². The highest BCUT2D eigenvalue weighted by Crippen LogP contribution is 2.13. The fourth-order valence-corrected chi connectivity index (χ4v) is 2.12. The van der Waals surface area contributed by atoms with Crippen molar-refractivity contribution in [1.29, 1.82) is 0 Å². The molecule has 6 heteroatoms. The van der Waals surface area contributed by atoms with Gasteiger partial charge in [0.05, 0.1) is 19.6 Å². The second-order valence-electron chi connectivity index (χ2n) is 5.98. The normalized spacial score (nSPS) is 11.7. The van der Waals surface area contributed by atoms with Gasteiger partial charge in [-0.3, -0.25) is 4.79 Å². The van der Waals surface area contributed by atoms with Gasteiger partial charge in [0, 0.05) is 12.6 Å². The Kier molecular flexibility index (Phi) is 8.68. The van der Waals surface area contributed by atoms with Gasteiger partial charge < -0.3 is 20.1 Å². The van der Waals surface area contributed by atoms with Crippen molar-refractivity contribution < 1.29 is 19.1 Å². The van der Waals surface area contributed by atoms with Crippen molar-refractivity contribution in [2.24, 2.45) is 0 Å². The minimum atomic E-state index is -0.308. The molecule has 1 aromatic rings. The number of carbonyl (C=O) groups is 2. The summed E-state index contributed by atoms with van der Waals surface area (Å²) in [7, 11) is 1.64. The van der Waals surface area contributed by atoms with Crippen molar-refractivity contribution >= 4 is 12.0 Å². The molecule has 0 bridgehead atoms. The molecule has 0 aliphatic carbocycles. The summed E-state index contributed by atoms with van der Waals surface area (Å²) in [6, 6.07) is 7.66. The smallest absolute Gasteiger partial charge is 0.315 e. The highest BCUT2D eigenvalue weighted by atomic mass is 16.5. The van der Waals surface area contributed by atoms with E-state index in [9.17, 15) is 9.59 Å². The predicted octanol–water partition coefficient (Wildman–Crippen LogP) is 2.66. The van der Waals surface area contributed by atoms with Crippen LogP contribution in [0.1, 0.15) is 39.2 Å². The number of hydrogen-bond acceptors (Lipinski definition) is 4. The number of nitrogens with one attached hydrogen (secondary N) is 2. The Bertz CT molecular complexity index is 514. The largest absolute Gasteiger partial charge is 0.497 e. The maximum atomic E-state index is 11.8. The van der Waals surface area contributed by atoms with Gasteiger partial charge >= 0.3 is 12.0 Å². The Balaban J connectivity index is 2.20. The van der Waals surface area contributed by atoms with Crippen LogP contribution in [0.25, 0.3) is 0 Å². The monoisotopic (exact) mass is 336 g/mol. The third-order valence-electron chi connectivity index (χ3n) is 3.38. The minimum absolute atomic E-state index is 0.0368. The molecule has 0 saturated carbocycles. The third kappa shape index (κ3) is 8.41. The molecular weight excluding hydrogens is 308 g/mol. The van der Waals surface area contributed by atoms with Crippen LogP contribution < -0.4 is 15.4 Å². The van der Waals surface area contributed by atoms with Gasteiger partial charge in [0.2, 0.25) is 0 Å². The molecule has 0 aliphatic rings. The van der Waals surface area contributed by atoms with Gasteiger partial charge in [0.15, 0.2) is 0 Å². The Morgan fingerprint density at radius 3 is 2.38 bits per heavy atom. The number of hydrogen-bond donors (Lipinski definition) is 2. The average Bonchev–Trinajstić information content (AvgIpc) is 2.52. The third-order valence-corrected chi connectivity index (χ3v) is 3.38. The van der Waals surface area contributed by atoms with Crippen molar-refractivity contribution in [1.82, 2.24) is 10.6 Å². The lowest BCUT2D eigenvalue weighted by atomic mass is 10.1. The van der Waals surface area contributed by atoms with Crippen molar-refractivity contribution in [3.05, 3.63) is 29.8 Å². The maximum absolute atomic E-state index is 11.8. The first-order valence-electron chi connectivity index (χ1n) is 8.27. The minimum Gasteiger partial charge on any atom is -0.497 e. The summed E-state index contributed by atoms with van der Waals surface area (Å²) in [6.45, 7) is 5.81. The molecule has 1 atom stereocenters. The number of aryl methyl sites for hydroxylation is 1. The summed E-state index contributed by atoms with van der Waals surface area (Å²) in [4.78, 5) is 23.1. The maximum Gasteiger partial charge on any atom is 0.315 e. The van der Waals surface area contributed by atoms with Crippen molar-refractivity contribution in [3.8, 4) is 5.75 Å². The predicted molar refractivity (Wildman–Crippen MR) is 93.2 cm³/mol. The fourth-order valence-electron chi connectivity index (χ4n) is 2.12. The number of benzene rings is 1. The molecule has 6 nitrogen and oxygen atoms in total. The van der Waals surface area contributed by atoms with E-state index in [0.29, 0.717) is 0 Å². The molecule has 134 valence electrons. The molecule has 0 heterocycles. The first kappa shape index (κ1) is 19.8. The topological polar surface area (TPSA) is 76.7 Å². The van der Waals surface area contributed by atoms with E-state index < -0.39 is 0 Å². The van der Waals surface area contributed by atoms with Gasteiger partial charge in [-0.05, 0) is 51.3 Å². The molecule has 0 aromatic heterocycles. The standard InChI is InChI=1S/C18H28N2O4/c1-13(2)24-17(21)11-12-19-18(22)20-14(3)5-6-15-7-9-16(23-4)10-8-15/h7-10,13-14H,5-6,11-12H2,1-4H3,(H2,19,20,22). The lowest BCUT2D eigenvalue weighted by molar-refractivity contribution is -0.147. The van der Waals surface area contributed by atoms with Crippen LogP contribution >= 0.6 is 0 Å². The zero-order valence-electron chi connectivity index (χ0n) is 14.9. The van der Waals surface area contributed by atoms with E-state index in [4.69, 9.17) is 9.47 Å². The Morgan fingerprint density at radius 2 is 1.79 bits per heavy atom. The summed E-state index contributed by atoms with van der Waals surface area (Å²) in [6.07, 6.45) is 1.73. The summed E-state index contributed by atoms with van der Waals surface area (Å²) >= 11 is 0. The molecule has 0 saturated heterocycles. The first-order valence-corrected chi connectivity index (χ1v) is 8.27. The van der Waals surface area contributed by atoms with Gasteiger partial charge in [0.25, 0.3) is 0 Å². The number of esters is 1. The zero-order valence-corrected chi connectivity index (χ0v) is 14.9. The highest BCUT2D eigenvalue weighted by Gasteiger charge is 2.09. The van der Waals surface area contributed by atoms with Crippen molar-refractivity contribution in [2.75, 3.05) is 13.7 Å². The Labute approximate surface area is 143 Å². The van der Waals surface area contributed by atoms with E-state index in [1.807, 2.05) is 31.2 Å². The number of ether oxygens (including phenoxy) is 2. The quantitative estimate of drug-likeness (QED) is 0.680. The second-order valence-corrected chi connectivity index (χ2v) is 5.98. The molecular formula is C18H28N2O4. The molecule has 1 aromatic carbocycles. The number of rotatable bonds is 9. The SMILES string of the molecule is COc1ccc(CCC(C)NC(=O)NCCC(=O)OC(C)C)cc1. The van der Waals surface area contributed by atoms with E-state index in [0.717, 1.165) is 18.6 Å². The van der Waals surface area contributed by atoms with E-state index >= 15 is 0 Å². The van der Waals surface area contributed by atoms with E-state index in [-0.39, 0.29) is 37.1 Å². The van der Waals surface area contributed by atoms with Crippen LogP contribution in [0.2, 0.25) is 0 Å². The van der Waals surface area contributed by atoms with Crippen molar-refractivity contribution in [2.45, 2.75) is 52.2 Å². The van der Waals surface area contributed by atoms with E-state index in [1.54, 1.807) is 21.0 Å². The van der Waals surface area contributed by atoms with Gasteiger partial charge in [-0.1, -0.05) is 12.1 Å². The van der Waals surface area contributed by atoms with Gasteiger partial charge in [0.1, 0.15) is 5.75 Å². The summed E-state index contributed by atoms with van der Waals surface area (Å²) < 4.78 is 10.1. The van der Waals surface area contributed by atoms with Crippen LogP contribution in [-0.2, 0) is 16.0 Å². The average molecular weight is 336 g/mol. The lowest BCUT2D eigenvalue weighted by Crippen LogP contribution is -2.41. The number of amides is 2. The number of methoxy groups -OCH3 is 1. The molecule has 0 fully saturated rings. The number of carbonyl (C=O) groups excluding carboxylic acids is 2. The molecule has 2 amide bonds. The van der Waals surface area contributed by atoms with Crippen LogP contribution in [0.15, 0.2) is 24.3 Å². The van der Waals surface area contributed by atoms with Crippen LogP contribution in [0, 0.1) is 0 Å². The number of urea groups is 1. The lowest BCUT2D eigenvalue weighted by Gasteiger charge is -2.15. The van der Waals surface area contributed by atoms with E-state index in [1.165, 1.54) is 5.56 Å². The van der Waals surface area contributed by atoms with Crippen molar-refractivity contribution in [3.63, 3.8) is 0 Å². The second kappa shape index (κ2) is 10.5. The zero-order chi connectivity index (χ0) is 17.9. The molecule has 24 heavy (non-hydrogen) atoms. The molecule has 1 unspecified atom stereocenters. The molecule has 0 spiro atoms. The van der Waals surface area contributed by atoms with Crippen LogP contribution in [0.4, 0.5) is 4.79 Å². The Morgan fingerprint density at radius 1 is 1.12 bits per heavy atom.